The van der Waals surface area contributed by atoms with Gasteiger partial charge in [-0.05, 0) is 32.6 Å². The first-order valence-electron chi connectivity index (χ1n) is 7.34. The van der Waals surface area contributed by atoms with Crippen LogP contribution in [-0.2, 0) is 11.3 Å². The molecule has 2 rings (SSSR count). The molecule has 21 heavy (non-hydrogen) atoms. The predicted molar refractivity (Wildman–Crippen MR) is 84.4 cm³/mol. The van der Waals surface area contributed by atoms with E-state index < -0.39 is 5.60 Å². The largest absolute Gasteiger partial charge is 0.444 e. The molecule has 6 heteroatoms. The second kappa shape index (κ2) is 6.32. The minimum Gasteiger partial charge on any atom is -0.444 e. The maximum Gasteiger partial charge on any atom is 0.410 e. The van der Waals surface area contributed by atoms with Gasteiger partial charge in [-0.25, -0.2) is 9.78 Å². The van der Waals surface area contributed by atoms with Gasteiger partial charge in [-0.15, -0.1) is 11.3 Å². The fraction of sp³-hybridized carbons (Fsp3) is 0.733. The molecular weight excluding hydrogens is 286 g/mol. The van der Waals surface area contributed by atoms with Crippen molar-refractivity contribution >= 4 is 17.4 Å². The van der Waals surface area contributed by atoms with Gasteiger partial charge in [-0.1, -0.05) is 6.92 Å². The van der Waals surface area contributed by atoms with Gasteiger partial charge in [0.2, 0.25) is 0 Å². The van der Waals surface area contributed by atoms with Gasteiger partial charge in [-0.2, -0.15) is 0 Å². The van der Waals surface area contributed by atoms with Crippen molar-refractivity contribution in [1.82, 2.24) is 15.2 Å². The van der Waals surface area contributed by atoms with Crippen molar-refractivity contribution < 1.29 is 9.53 Å². The van der Waals surface area contributed by atoms with E-state index in [1.54, 1.807) is 11.3 Å². The monoisotopic (exact) mass is 311 g/mol. The lowest BCUT2D eigenvalue weighted by Gasteiger charge is -2.27. The highest BCUT2D eigenvalue weighted by atomic mass is 32.1. The quantitative estimate of drug-likeness (QED) is 0.929. The summed E-state index contributed by atoms with van der Waals surface area (Å²) in [5.74, 6) is 0. The number of hydrogen-bond donors (Lipinski definition) is 1. The highest BCUT2D eigenvalue weighted by Crippen LogP contribution is 2.30. The average Bonchev–Trinajstić information content (AvgIpc) is 2.97. The van der Waals surface area contributed by atoms with Crippen molar-refractivity contribution in [3.05, 3.63) is 16.6 Å². The van der Waals surface area contributed by atoms with E-state index in [4.69, 9.17) is 4.74 Å². The molecule has 0 spiro atoms. The fourth-order valence-electron chi connectivity index (χ4n) is 2.46. The topological polar surface area (TPSA) is 54.5 Å². The number of amides is 1. The summed E-state index contributed by atoms with van der Waals surface area (Å²) in [7, 11) is 0. The van der Waals surface area contributed by atoms with Crippen LogP contribution in [-0.4, -0.2) is 41.2 Å². The Hall–Kier alpha value is -1.14. The number of nitrogens with one attached hydrogen (secondary N) is 1. The molecule has 0 radical (unpaired) electrons. The Morgan fingerprint density at radius 1 is 1.57 bits per heavy atom. The van der Waals surface area contributed by atoms with Crippen molar-refractivity contribution in [2.45, 2.75) is 46.3 Å². The predicted octanol–water partition coefficient (Wildman–Crippen LogP) is 2.88. The van der Waals surface area contributed by atoms with Crippen LogP contribution in [0.3, 0.4) is 0 Å². The number of rotatable bonds is 4. The first-order chi connectivity index (χ1) is 9.77. The first kappa shape index (κ1) is 16.2. The van der Waals surface area contributed by atoms with Crippen LogP contribution in [0.2, 0.25) is 0 Å². The van der Waals surface area contributed by atoms with Crippen molar-refractivity contribution in [2.24, 2.45) is 5.41 Å². The third-order valence-corrected chi connectivity index (χ3v) is 4.30. The summed E-state index contributed by atoms with van der Waals surface area (Å²) in [4.78, 5) is 18.2. The van der Waals surface area contributed by atoms with E-state index in [-0.39, 0.29) is 11.5 Å². The molecule has 0 aliphatic carbocycles. The number of nitrogens with zero attached hydrogens (tertiary/aromatic N) is 2. The second-order valence-corrected chi connectivity index (χ2v) is 7.97. The Morgan fingerprint density at radius 3 is 2.95 bits per heavy atom. The summed E-state index contributed by atoms with van der Waals surface area (Å²) >= 11 is 1.66. The molecule has 1 aromatic heterocycles. The first-order valence-corrected chi connectivity index (χ1v) is 8.22. The third kappa shape index (κ3) is 4.97. The lowest BCUT2D eigenvalue weighted by Crippen LogP contribution is -2.39. The van der Waals surface area contributed by atoms with E-state index in [9.17, 15) is 4.79 Å². The molecule has 0 saturated carbocycles. The van der Waals surface area contributed by atoms with E-state index in [2.05, 4.69) is 17.2 Å². The summed E-state index contributed by atoms with van der Waals surface area (Å²) in [6, 6.07) is 0. The second-order valence-electron chi connectivity index (χ2n) is 6.99. The van der Waals surface area contributed by atoms with Gasteiger partial charge in [0.05, 0.1) is 0 Å². The normalized spacial score (nSPS) is 22.6. The van der Waals surface area contributed by atoms with Gasteiger partial charge in [0.1, 0.15) is 10.6 Å². The Bertz CT molecular complexity index is 470. The molecule has 1 N–H and O–H groups in total. The Balaban J connectivity index is 1.78. The number of carbonyl (C=O) groups is 1. The lowest BCUT2D eigenvalue weighted by atomic mass is 9.90. The Labute approximate surface area is 130 Å². The number of thiazole rings is 1. The van der Waals surface area contributed by atoms with Crippen molar-refractivity contribution in [3.63, 3.8) is 0 Å². The van der Waals surface area contributed by atoms with E-state index in [1.807, 2.05) is 37.2 Å². The summed E-state index contributed by atoms with van der Waals surface area (Å²) < 4.78 is 5.44. The molecule has 118 valence electrons. The summed E-state index contributed by atoms with van der Waals surface area (Å²) in [5.41, 5.74) is -0.326. The van der Waals surface area contributed by atoms with Crippen molar-refractivity contribution in [1.29, 1.82) is 0 Å². The number of hydrogen-bond acceptors (Lipinski definition) is 5. The van der Waals surface area contributed by atoms with E-state index in [1.165, 1.54) is 0 Å². The Kier molecular flexibility index (Phi) is 4.88. The van der Waals surface area contributed by atoms with Crippen LogP contribution in [0.1, 0.15) is 39.1 Å². The molecule has 5 nitrogen and oxygen atoms in total. The molecule has 2 heterocycles. The van der Waals surface area contributed by atoms with Crippen LogP contribution < -0.4 is 5.32 Å². The summed E-state index contributed by atoms with van der Waals surface area (Å²) in [6.45, 7) is 11.1. The zero-order chi connectivity index (χ0) is 15.5. The molecule has 1 aromatic rings. The molecule has 0 bridgehead atoms. The maximum absolute atomic E-state index is 12.1. The van der Waals surface area contributed by atoms with Gasteiger partial charge in [0.25, 0.3) is 0 Å². The smallest absolute Gasteiger partial charge is 0.410 e. The zero-order valence-corrected chi connectivity index (χ0v) is 14.1. The molecule has 1 fully saturated rings. The van der Waals surface area contributed by atoms with Crippen LogP contribution in [0.4, 0.5) is 4.79 Å². The van der Waals surface area contributed by atoms with Crippen LogP contribution in [0.25, 0.3) is 0 Å². The number of carbonyl (C=O) groups excluding carboxylic acids is 1. The minimum absolute atomic E-state index is 0.105. The fourth-order valence-corrected chi connectivity index (χ4v) is 3.05. The molecule has 1 aliphatic rings. The molecule has 1 aliphatic heterocycles. The molecule has 0 unspecified atom stereocenters. The summed E-state index contributed by atoms with van der Waals surface area (Å²) in [6.07, 6.45) is 2.62. The van der Waals surface area contributed by atoms with Gasteiger partial charge < -0.3 is 15.0 Å². The molecule has 1 saturated heterocycles. The highest BCUT2D eigenvalue weighted by molar-refractivity contribution is 7.09. The highest BCUT2D eigenvalue weighted by Gasteiger charge is 2.37. The van der Waals surface area contributed by atoms with Crippen LogP contribution >= 0.6 is 11.3 Å². The van der Waals surface area contributed by atoms with Gasteiger partial charge in [0, 0.05) is 37.8 Å². The van der Waals surface area contributed by atoms with Crippen LogP contribution in [0, 0.1) is 5.41 Å². The number of ether oxygens (including phenoxy) is 1. The van der Waals surface area contributed by atoms with Crippen molar-refractivity contribution in [2.75, 3.05) is 19.6 Å². The van der Waals surface area contributed by atoms with Crippen LogP contribution in [0.5, 0.6) is 0 Å². The molecular formula is C15H25N3O2S. The lowest BCUT2D eigenvalue weighted by molar-refractivity contribution is 0.0275. The van der Waals surface area contributed by atoms with E-state index >= 15 is 0 Å². The standard InChI is InChI=1S/C15H25N3O2S/c1-14(2,3)20-13(19)18-7-5-15(4,11-18)10-16-9-12-17-6-8-21-12/h6,8,16H,5,7,9-11H2,1-4H3/t15-/m1/s1. The molecule has 0 aromatic carbocycles. The Morgan fingerprint density at radius 2 is 2.33 bits per heavy atom. The van der Waals surface area contributed by atoms with Gasteiger partial charge >= 0.3 is 6.09 Å². The molecule has 1 amide bonds. The zero-order valence-electron chi connectivity index (χ0n) is 13.3. The van der Waals surface area contributed by atoms with E-state index in [0.717, 1.165) is 37.6 Å². The minimum atomic E-state index is -0.431. The van der Waals surface area contributed by atoms with Crippen LogP contribution in [0.15, 0.2) is 11.6 Å². The SMILES string of the molecule is CC(C)(C)OC(=O)N1CC[C@](C)(CNCc2nccs2)C1. The number of aromatic nitrogens is 1. The average molecular weight is 311 g/mol. The van der Waals surface area contributed by atoms with E-state index in [0.29, 0.717) is 0 Å². The van der Waals surface area contributed by atoms with Gasteiger partial charge in [0.15, 0.2) is 0 Å². The summed E-state index contributed by atoms with van der Waals surface area (Å²) in [5, 5.41) is 6.53. The third-order valence-electron chi connectivity index (χ3n) is 3.52. The van der Waals surface area contributed by atoms with Gasteiger partial charge in [-0.3, -0.25) is 0 Å². The maximum atomic E-state index is 12.1. The number of likely N-dealkylation sites (tertiary alicyclic amines) is 1. The molecule has 1 atom stereocenters. The van der Waals surface area contributed by atoms with Crippen molar-refractivity contribution in [3.8, 4) is 0 Å².